The largest absolute Gasteiger partial charge is 0.390 e. The second kappa shape index (κ2) is 3.82. The van der Waals surface area contributed by atoms with Crippen molar-refractivity contribution >= 4 is 0 Å². The van der Waals surface area contributed by atoms with E-state index in [1.807, 2.05) is 24.7 Å². The van der Waals surface area contributed by atoms with Gasteiger partial charge in [0, 0.05) is 7.05 Å². The zero-order chi connectivity index (χ0) is 10.8. The molecule has 0 atom stereocenters. The van der Waals surface area contributed by atoms with Crippen LogP contribution in [0.3, 0.4) is 0 Å². The minimum atomic E-state index is -0.0790. The standard InChI is InChI=1S/C9H13N5O/c1-7-3-9(13(2)11-7)5-14-4-8(6-15)10-12-14/h3-4,15H,5-6H2,1-2H3. The topological polar surface area (TPSA) is 68.8 Å². The van der Waals surface area contributed by atoms with Crippen LogP contribution in [0.5, 0.6) is 0 Å². The number of aliphatic hydroxyl groups is 1. The van der Waals surface area contributed by atoms with E-state index in [1.54, 1.807) is 10.9 Å². The van der Waals surface area contributed by atoms with Crippen molar-refractivity contribution in [1.82, 2.24) is 24.8 Å². The average Bonchev–Trinajstić information content (AvgIpc) is 2.75. The molecule has 6 nitrogen and oxygen atoms in total. The Morgan fingerprint density at radius 3 is 2.80 bits per heavy atom. The van der Waals surface area contributed by atoms with Crippen molar-refractivity contribution in [3.63, 3.8) is 0 Å². The van der Waals surface area contributed by atoms with Gasteiger partial charge in [-0.25, -0.2) is 4.68 Å². The molecule has 1 N–H and O–H groups in total. The molecule has 6 heteroatoms. The summed E-state index contributed by atoms with van der Waals surface area (Å²) in [6.45, 7) is 2.48. The highest BCUT2D eigenvalue weighted by Crippen LogP contribution is 2.04. The Kier molecular flexibility index (Phi) is 2.51. The molecule has 2 aromatic rings. The van der Waals surface area contributed by atoms with Crippen LogP contribution in [-0.4, -0.2) is 29.9 Å². The molecule has 0 bridgehead atoms. The highest BCUT2D eigenvalue weighted by molar-refractivity contribution is 5.09. The molecule has 0 aliphatic carbocycles. The van der Waals surface area contributed by atoms with E-state index in [2.05, 4.69) is 15.4 Å². The van der Waals surface area contributed by atoms with Gasteiger partial charge in [0.15, 0.2) is 0 Å². The van der Waals surface area contributed by atoms with E-state index in [1.165, 1.54) is 0 Å². The number of hydrogen-bond acceptors (Lipinski definition) is 4. The van der Waals surface area contributed by atoms with Gasteiger partial charge in [-0.2, -0.15) is 5.10 Å². The third-order valence-electron chi connectivity index (χ3n) is 2.17. The van der Waals surface area contributed by atoms with Crippen molar-refractivity contribution in [3.05, 3.63) is 29.3 Å². The molecule has 0 aromatic carbocycles. The summed E-state index contributed by atoms with van der Waals surface area (Å²) in [7, 11) is 1.90. The highest BCUT2D eigenvalue weighted by Gasteiger charge is 2.04. The molecule has 0 amide bonds. The minimum absolute atomic E-state index is 0.0790. The van der Waals surface area contributed by atoms with Crippen molar-refractivity contribution in [3.8, 4) is 0 Å². The second-order valence-electron chi connectivity index (χ2n) is 3.47. The Labute approximate surface area is 87.1 Å². The van der Waals surface area contributed by atoms with Crippen LogP contribution in [0.2, 0.25) is 0 Å². The number of nitrogens with zero attached hydrogens (tertiary/aromatic N) is 5. The summed E-state index contributed by atoms with van der Waals surface area (Å²) in [6, 6.07) is 2.00. The molecule has 15 heavy (non-hydrogen) atoms. The van der Waals surface area contributed by atoms with E-state index in [0.717, 1.165) is 11.4 Å². The second-order valence-corrected chi connectivity index (χ2v) is 3.47. The number of aryl methyl sites for hydroxylation is 2. The lowest BCUT2D eigenvalue weighted by molar-refractivity contribution is 0.276. The summed E-state index contributed by atoms with van der Waals surface area (Å²) < 4.78 is 3.50. The first-order chi connectivity index (χ1) is 7.19. The van der Waals surface area contributed by atoms with Crippen molar-refractivity contribution in [2.75, 3.05) is 0 Å². The molecule has 0 radical (unpaired) electrons. The molecule has 0 saturated carbocycles. The van der Waals surface area contributed by atoms with E-state index in [4.69, 9.17) is 5.11 Å². The van der Waals surface area contributed by atoms with Crippen LogP contribution in [0.25, 0.3) is 0 Å². The number of hydrogen-bond donors (Lipinski definition) is 1. The van der Waals surface area contributed by atoms with Gasteiger partial charge in [-0.3, -0.25) is 4.68 Å². The fourth-order valence-electron chi connectivity index (χ4n) is 1.47. The molecule has 80 valence electrons. The van der Waals surface area contributed by atoms with Gasteiger partial charge in [0.1, 0.15) is 5.69 Å². The van der Waals surface area contributed by atoms with Crippen molar-refractivity contribution in [2.24, 2.45) is 7.05 Å². The van der Waals surface area contributed by atoms with Gasteiger partial charge in [-0.05, 0) is 13.0 Å². The monoisotopic (exact) mass is 207 g/mol. The summed E-state index contributed by atoms with van der Waals surface area (Å²) in [6.07, 6.45) is 1.72. The summed E-state index contributed by atoms with van der Waals surface area (Å²) in [5.74, 6) is 0. The number of aliphatic hydroxyl groups excluding tert-OH is 1. The fraction of sp³-hybridized carbons (Fsp3) is 0.444. The molecule has 0 unspecified atom stereocenters. The van der Waals surface area contributed by atoms with Crippen molar-refractivity contribution < 1.29 is 5.11 Å². The Morgan fingerprint density at radius 1 is 1.47 bits per heavy atom. The molecule has 0 aliphatic rings. The van der Waals surface area contributed by atoms with Gasteiger partial charge >= 0.3 is 0 Å². The van der Waals surface area contributed by atoms with Crippen LogP contribution in [0.4, 0.5) is 0 Å². The van der Waals surface area contributed by atoms with E-state index in [9.17, 15) is 0 Å². The SMILES string of the molecule is Cc1cc(Cn2cc(CO)nn2)n(C)n1. The molecular formula is C9H13N5O. The van der Waals surface area contributed by atoms with Crippen LogP contribution < -0.4 is 0 Å². The molecule has 0 saturated heterocycles. The lowest BCUT2D eigenvalue weighted by atomic mass is 10.3. The Morgan fingerprint density at radius 2 is 2.27 bits per heavy atom. The van der Waals surface area contributed by atoms with Crippen LogP contribution in [0.15, 0.2) is 12.3 Å². The number of rotatable bonds is 3. The molecule has 0 fully saturated rings. The van der Waals surface area contributed by atoms with Gasteiger partial charge in [0.05, 0.1) is 30.7 Å². The van der Waals surface area contributed by atoms with E-state index in [0.29, 0.717) is 12.2 Å². The Balaban J connectivity index is 2.17. The molecular weight excluding hydrogens is 194 g/mol. The van der Waals surface area contributed by atoms with Crippen LogP contribution >= 0.6 is 0 Å². The third-order valence-corrected chi connectivity index (χ3v) is 2.17. The zero-order valence-electron chi connectivity index (χ0n) is 8.75. The molecule has 2 aromatic heterocycles. The normalized spacial score (nSPS) is 10.9. The maximum Gasteiger partial charge on any atom is 0.108 e. The average molecular weight is 207 g/mol. The smallest absolute Gasteiger partial charge is 0.108 e. The summed E-state index contributed by atoms with van der Waals surface area (Å²) >= 11 is 0. The molecule has 2 heterocycles. The maximum atomic E-state index is 8.84. The van der Waals surface area contributed by atoms with Gasteiger partial charge in [0.2, 0.25) is 0 Å². The van der Waals surface area contributed by atoms with Crippen molar-refractivity contribution in [2.45, 2.75) is 20.1 Å². The molecule has 0 aliphatic heterocycles. The predicted octanol–water partition coefficient (Wildman–Crippen LogP) is -0.139. The predicted molar refractivity (Wildman–Crippen MR) is 53.0 cm³/mol. The first kappa shape index (κ1) is 9.85. The lowest BCUT2D eigenvalue weighted by Gasteiger charge is -2.00. The maximum absolute atomic E-state index is 8.84. The summed E-state index contributed by atoms with van der Waals surface area (Å²) in [4.78, 5) is 0. The Hall–Kier alpha value is -1.69. The van der Waals surface area contributed by atoms with Crippen LogP contribution in [0, 0.1) is 6.92 Å². The van der Waals surface area contributed by atoms with Gasteiger partial charge < -0.3 is 5.11 Å². The first-order valence-electron chi connectivity index (χ1n) is 4.68. The minimum Gasteiger partial charge on any atom is -0.390 e. The van der Waals surface area contributed by atoms with E-state index < -0.39 is 0 Å². The van der Waals surface area contributed by atoms with Crippen LogP contribution in [-0.2, 0) is 20.2 Å². The van der Waals surface area contributed by atoms with Crippen molar-refractivity contribution in [1.29, 1.82) is 0 Å². The molecule has 2 rings (SSSR count). The highest BCUT2D eigenvalue weighted by atomic mass is 16.3. The first-order valence-corrected chi connectivity index (χ1v) is 4.68. The van der Waals surface area contributed by atoms with Gasteiger partial charge in [0.25, 0.3) is 0 Å². The lowest BCUT2D eigenvalue weighted by Crippen LogP contribution is -2.06. The Bertz CT molecular complexity index is 459. The van der Waals surface area contributed by atoms with Crippen LogP contribution in [0.1, 0.15) is 17.1 Å². The molecule has 0 spiro atoms. The van der Waals surface area contributed by atoms with E-state index >= 15 is 0 Å². The third kappa shape index (κ3) is 2.04. The van der Waals surface area contributed by atoms with Gasteiger partial charge in [-0.1, -0.05) is 5.21 Å². The van der Waals surface area contributed by atoms with E-state index in [-0.39, 0.29) is 6.61 Å². The quantitative estimate of drug-likeness (QED) is 0.760. The summed E-state index contributed by atoms with van der Waals surface area (Å²) in [5, 5.41) is 20.8. The fourth-order valence-corrected chi connectivity index (χ4v) is 1.47. The zero-order valence-corrected chi connectivity index (χ0v) is 8.75. The summed E-state index contributed by atoms with van der Waals surface area (Å²) in [5.41, 5.74) is 2.62. The number of aromatic nitrogens is 5. The van der Waals surface area contributed by atoms with Gasteiger partial charge in [-0.15, -0.1) is 5.10 Å².